The number of benzene rings is 1. The maximum absolute atomic E-state index is 6.02. The molecule has 0 saturated carbocycles. The fourth-order valence-electron chi connectivity index (χ4n) is 2.47. The largest absolute Gasteiger partial charge is 0.417 e. The molecule has 1 aromatic carbocycles. The van der Waals surface area contributed by atoms with Crippen molar-refractivity contribution in [2.75, 3.05) is 6.61 Å². The average molecular weight is 306 g/mol. The molecule has 0 fully saturated rings. The van der Waals surface area contributed by atoms with Gasteiger partial charge in [0, 0.05) is 17.5 Å². The topological polar surface area (TPSA) is 14.2 Å². The van der Waals surface area contributed by atoms with Gasteiger partial charge in [0.2, 0.25) is 0 Å². The van der Waals surface area contributed by atoms with Crippen molar-refractivity contribution in [3.63, 3.8) is 0 Å². The van der Waals surface area contributed by atoms with Gasteiger partial charge in [-0.2, -0.15) is 0 Å². The Hall–Kier alpha value is -0.846. The van der Waals surface area contributed by atoms with Crippen LogP contribution in [-0.4, -0.2) is 27.4 Å². The van der Waals surface area contributed by atoms with Gasteiger partial charge in [-0.25, -0.2) is 0 Å². The first-order valence-electron chi connectivity index (χ1n) is 7.42. The molecule has 2 rings (SSSR count). The molecular formula is C16H27NOSi2. The third-order valence-corrected chi connectivity index (χ3v) is 6.31. The Morgan fingerprint density at radius 2 is 1.65 bits per heavy atom. The van der Waals surface area contributed by atoms with Crippen LogP contribution in [0.25, 0.3) is 10.9 Å². The van der Waals surface area contributed by atoms with E-state index in [0.717, 1.165) is 13.0 Å². The predicted molar refractivity (Wildman–Crippen MR) is 93.7 cm³/mol. The molecule has 1 heterocycles. The lowest BCUT2D eigenvalue weighted by Crippen LogP contribution is -2.31. The van der Waals surface area contributed by atoms with Gasteiger partial charge < -0.3 is 8.66 Å². The van der Waals surface area contributed by atoms with Gasteiger partial charge in [0.05, 0.1) is 0 Å². The Morgan fingerprint density at radius 1 is 1.00 bits per heavy atom. The number of para-hydroxylation sites is 1. The molecule has 0 aliphatic carbocycles. The molecule has 110 valence electrons. The average Bonchev–Trinajstić information content (AvgIpc) is 2.67. The quantitative estimate of drug-likeness (QED) is 0.729. The van der Waals surface area contributed by atoms with Crippen LogP contribution in [0.2, 0.25) is 39.3 Å². The Bertz CT molecular complexity index is 591. The SMILES string of the molecule is C[Si](C)(C)OCCc1cn([Si](C)(C)C)c2ccccc12. The number of hydrogen-bond acceptors (Lipinski definition) is 1. The summed E-state index contributed by atoms with van der Waals surface area (Å²) in [6.07, 6.45) is 3.38. The summed E-state index contributed by atoms with van der Waals surface area (Å²) in [4.78, 5) is 0. The Kier molecular flexibility index (Phi) is 4.28. The molecule has 2 nitrogen and oxygen atoms in total. The fourth-order valence-corrected chi connectivity index (χ4v) is 4.65. The van der Waals surface area contributed by atoms with E-state index < -0.39 is 16.6 Å². The van der Waals surface area contributed by atoms with Gasteiger partial charge in [0.1, 0.15) is 0 Å². The molecule has 0 amide bonds. The summed E-state index contributed by atoms with van der Waals surface area (Å²) in [7, 11) is -2.77. The molecule has 2 aromatic rings. The smallest absolute Gasteiger partial charge is 0.183 e. The van der Waals surface area contributed by atoms with Crippen LogP contribution in [0.1, 0.15) is 5.56 Å². The molecule has 1 aromatic heterocycles. The van der Waals surface area contributed by atoms with E-state index in [1.807, 2.05) is 0 Å². The van der Waals surface area contributed by atoms with Crippen LogP contribution >= 0.6 is 0 Å². The second-order valence-corrected chi connectivity index (χ2v) is 16.8. The van der Waals surface area contributed by atoms with Crippen LogP contribution in [0.3, 0.4) is 0 Å². The first-order valence-corrected chi connectivity index (χ1v) is 14.3. The summed E-state index contributed by atoms with van der Waals surface area (Å²) in [6, 6.07) is 8.77. The molecule has 0 spiro atoms. The number of hydrogen-bond donors (Lipinski definition) is 0. The minimum absolute atomic E-state index is 0.843. The van der Waals surface area contributed by atoms with E-state index in [9.17, 15) is 0 Å². The highest BCUT2D eigenvalue weighted by molar-refractivity contribution is 6.75. The Balaban J connectivity index is 2.30. The van der Waals surface area contributed by atoms with E-state index in [0.29, 0.717) is 0 Å². The van der Waals surface area contributed by atoms with Crippen molar-refractivity contribution in [3.8, 4) is 0 Å². The molecule has 0 saturated heterocycles. The molecule has 0 unspecified atom stereocenters. The van der Waals surface area contributed by atoms with Crippen molar-refractivity contribution < 1.29 is 4.43 Å². The molecule has 0 aliphatic rings. The maximum Gasteiger partial charge on any atom is 0.183 e. The lowest BCUT2D eigenvalue weighted by molar-refractivity contribution is 0.316. The molecule has 0 aliphatic heterocycles. The van der Waals surface area contributed by atoms with Crippen molar-refractivity contribution in [3.05, 3.63) is 36.0 Å². The van der Waals surface area contributed by atoms with E-state index in [4.69, 9.17) is 4.43 Å². The van der Waals surface area contributed by atoms with Gasteiger partial charge in [-0.1, -0.05) is 37.8 Å². The highest BCUT2D eigenvalue weighted by atomic mass is 28.4. The van der Waals surface area contributed by atoms with Crippen LogP contribution < -0.4 is 0 Å². The van der Waals surface area contributed by atoms with Gasteiger partial charge in [-0.05, 0) is 43.9 Å². The lowest BCUT2D eigenvalue weighted by Gasteiger charge is -2.20. The van der Waals surface area contributed by atoms with Gasteiger partial charge in [0.25, 0.3) is 0 Å². The van der Waals surface area contributed by atoms with Crippen molar-refractivity contribution in [1.29, 1.82) is 0 Å². The first kappa shape index (κ1) is 15.5. The summed E-state index contributed by atoms with van der Waals surface area (Å²) in [6.45, 7) is 14.8. The zero-order chi connectivity index (χ0) is 15.0. The number of nitrogens with zero attached hydrogens (tertiary/aromatic N) is 1. The summed E-state index contributed by atoms with van der Waals surface area (Å²) in [5.41, 5.74) is 2.82. The van der Waals surface area contributed by atoms with Gasteiger partial charge in [0.15, 0.2) is 16.6 Å². The zero-order valence-electron chi connectivity index (χ0n) is 13.7. The molecule has 0 atom stereocenters. The highest BCUT2D eigenvalue weighted by Gasteiger charge is 2.20. The van der Waals surface area contributed by atoms with E-state index in [-0.39, 0.29) is 0 Å². The second kappa shape index (κ2) is 5.50. The Morgan fingerprint density at radius 3 is 2.25 bits per heavy atom. The normalized spacial score (nSPS) is 13.1. The van der Waals surface area contributed by atoms with E-state index in [1.165, 1.54) is 16.5 Å². The van der Waals surface area contributed by atoms with Crippen molar-refractivity contribution >= 4 is 27.5 Å². The second-order valence-electron chi connectivity index (χ2n) is 7.42. The Labute approximate surface area is 125 Å². The van der Waals surface area contributed by atoms with Gasteiger partial charge in [-0.15, -0.1) is 0 Å². The minimum atomic E-state index is -1.41. The van der Waals surface area contributed by atoms with E-state index in [2.05, 4.69) is 74.0 Å². The van der Waals surface area contributed by atoms with Crippen molar-refractivity contribution in [1.82, 2.24) is 4.23 Å². The van der Waals surface area contributed by atoms with Crippen molar-refractivity contribution in [2.45, 2.75) is 45.7 Å². The van der Waals surface area contributed by atoms with Gasteiger partial charge in [-0.3, -0.25) is 0 Å². The summed E-state index contributed by atoms with van der Waals surface area (Å²) < 4.78 is 8.54. The monoisotopic (exact) mass is 305 g/mol. The number of aromatic nitrogens is 1. The standard InChI is InChI=1S/C16H27NOSi2/c1-19(2,3)17-13-14(11-12-18-20(4,5)6)15-9-7-8-10-16(15)17/h7-10,13H,11-12H2,1-6H3. The van der Waals surface area contributed by atoms with Crippen LogP contribution in [0, 0.1) is 0 Å². The molecule has 4 heteroatoms. The third kappa shape index (κ3) is 3.62. The summed E-state index contributed by atoms with van der Waals surface area (Å²) in [5, 5.41) is 1.40. The van der Waals surface area contributed by atoms with Gasteiger partial charge >= 0.3 is 0 Å². The molecule has 20 heavy (non-hydrogen) atoms. The van der Waals surface area contributed by atoms with E-state index >= 15 is 0 Å². The maximum atomic E-state index is 6.02. The fraction of sp³-hybridized carbons (Fsp3) is 0.500. The molecule has 0 N–H and O–H groups in total. The lowest BCUT2D eigenvalue weighted by atomic mass is 10.1. The molecule has 0 radical (unpaired) electrons. The van der Waals surface area contributed by atoms with Crippen LogP contribution in [0.4, 0.5) is 0 Å². The third-order valence-electron chi connectivity index (χ3n) is 3.42. The highest BCUT2D eigenvalue weighted by Crippen LogP contribution is 2.25. The van der Waals surface area contributed by atoms with Crippen molar-refractivity contribution in [2.24, 2.45) is 0 Å². The minimum Gasteiger partial charge on any atom is -0.417 e. The number of rotatable bonds is 5. The first-order chi connectivity index (χ1) is 9.18. The molecule has 0 bridgehead atoms. The predicted octanol–water partition coefficient (Wildman–Crippen LogP) is 4.72. The summed E-state index contributed by atoms with van der Waals surface area (Å²) >= 11 is 0. The van der Waals surface area contributed by atoms with Crippen LogP contribution in [0.15, 0.2) is 30.5 Å². The van der Waals surface area contributed by atoms with E-state index in [1.54, 1.807) is 0 Å². The zero-order valence-corrected chi connectivity index (χ0v) is 15.7. The summed E-state index contributed by atoms with van der Waals surface area (Å²) in [5.74, 6) is 0. The van der Waals surface area contributed by atoms with Crippen LogP contribution in [-0.2, 0) is 10.8 Å². The number of fused-ring (bicyclic) bond motifs is 1. The molecular weight excluding hydrogens is 278 g/mol. The van der Waals surface area contributed by atoms with Crippen LogP contribution in [0.5, 0.6) is 0 Å².